The zero-order valence-electron chi connectivity index (χ0n) is 13.9. The molecule has 3 rings (SSSR count). The first-order valence-electron chi connectivity index (χ1n) is 8.62. The minimum absolute atomic E-state index is 0.194. The number of anilines is 1. The summed E-state index contributed by atoms with van der Waals surface area (Å²) in [5.41, 5.74) is 0.0418. The van der Waals surface area contributed by atoms with E-state index in [0.717, 1.165) is 19.3 Å². The molecular weight excluding hydrogens is 306 g/mol. The smallest absolute Gasteiger partial charge is 0.277 e. The molecule has 1 aliphatic rings. The quantitative estimate of drug-likeness (QED) is 0.914. The van der Waals surface area contributed by atoms with Gasteiger partial charge in [-0.3, -0.25) is 9.59 Å². The lowest BCUT2D eigenvalue weighted by atomic mass is 9.96. The largest absolute Gasteiger partial charge is 0.305 e. The molecule has 0 bridgehead atoms. The van der Waals surface area contributed by atoms with Gasteiger partial charge in [-0.25, -0.2) is 9.36 Å². The number of hydrogen-bond acceptors (Lipinski definition) is 4. The van der Waals surface area contributed by atoms with Crippen LogP contribution in [0.3, 0.4) is 0 Å². The van der Waals surface area contributed by atoms with Crippen molar-refractivity contribution >= 4 is 11.7 Å². The summed E-state index contributed by atoms with van der Waals surface area (Å²) < 4.78 is 3.23. The van der Waals surface area contributed by atoms with Gasteiger partial charge >= 0.3 is 0 Å². The number of aryl methyl sites for hydroxylation is 1. The van der Waals surface area contributed by atoms with Gasteiger partial charge in [0, 0.05) is 18.7 Å². The second kappa shape index (κ2) is 7.42. The zero-order chi connectivity index (χ0) is 16.9. The third-order valence-corrected chi connectivity index (χ3v) is 4.37. The Kier molecular flexibility index (Phi) is 5.08. The van der Waals surface area contributed by atoms with E-state index < -0.39 is 0 Å². The second-order valence-corrected chi connectivity index (χ2v) is 6.19. The molecule has 0 spiro atoms. The van der Waals surface area contributed by atoms with Crippen molar-refractivity contribution in [3.8, 4) is 0 Å². The number of nitrogens with one attached hydrogen (secondary N) is 1. The first-order chi connectivity index (χ1) is 11.7. The molecule has 1 aliphatic carbocycles. The molecule has 2 aromatic rings. The molecule has 0 aliphatic heterocycles. The molecule has 24 heavy (non-hydrogen) atoms. The van der Waals surface area contributed by atoms with Gasteiger partial charge in [0.25, 0.3) is 11.5 Å². The Hall–Kier alpha value is -2.44. The molecule has 7 nitrogen and oxygen atoms in total. The Labute approximate surface area is 140 Å². The summed E-state index contributed by atoms with van der Waals surface area (Å²) in [4.78, 5) is 24.2. The Morgan fingerprint density at radius 1 is 1.25 bits per heavy atom. The summed E-state index contributed by atoms with van der Waals surface area (Å²) in [7, 11) is 0. The highest BCUT2D eigenvalue weighted by atomic mass is 16.2. The summed E-state index contributed by atoms with van der Waals surface area (Å²) in [6, 6.07) is 4.99. The number of amides is 1. The monoisotopic (exact) mass is 329 g/mol. The predicted octanol–water partition coefficient (Wildman–Crippen LogP) is 2.61. The highest BCUT2D eigenvalue weighted by molar-refractivity contribution is 6.02. The molecule has 128 valence electrons. The van der Waals surface area contributed by atoms with Crippen molar-refractivity contribution in [2.24, 2.45) is 0 Å². The molecule has 2 aromatic heterocycles. The average molecular weight is 329 g/mol. The van der Waals surface area contributed by atoms with E-state index in [-0.39, 0.29) is 17.2 Å². The number of aromatic nitrogens is 4. The Morgan fingerprint density at radius 2 is 2.04 bits per heavy atom. The lowest BCUT2D eigenvalue weighted by molar-refractivity contribution is 0.101. The van der Waals surface area contributed by atoms with Crippen molar-refractivity contribution < 1.29 is 4.79 Å². The first-order valence-corrected chi connectivity index (χ1v) is 8.62. The average Bonchev–Trinajstić information content (AvgIpc) is 3.06. The fourth-order valence-electron chi connectivity index (χ4n) is 3.15. The van der Waals surface area contributed by atoms with Crippen LogP contribution < -0.4 is 10.9 Å². The Bertz CT molecular complexity index is 758. The number of nitrogens with zero attached hydrogens (tertiary/aromatic N) is 4. The molecule has 0 radical (unpaired) electrons. The van der Waals surface area contributed by atoms with E-state index in [2.05, 4.69) is 15.5 Å². The fourth-order valence-corrected chi connectivity index (χ4v) is 3.15. The van der Waals surface area contributed by atoms with Crippen LogP contribution in [-0.2, 0) is 6.54 Å². The van der Waals surface area contributed by atoms with Crippen LogP contribution in [0.15, 0.2) is 29.2 Å². The summed E-state index contributed by atoms with van der Waals surface area (Å²) in [6.07, 6.45) is 8.32. The third kappa shape index (κ3) is 3.55. The van der Waals surface area contributed by atoms with Crippen LogP contribution in [0.4, 0.5) is 5.82 Å². The molecule has 7 heteroatoms. The third-order valence-electron chi connectivity index (χ3n) is 4.37. The summed E-state index contributed by atoms with van der Waals surface area (Å²) in [5, 5.41) is 11.4. The molecule has 0 atom stereocenters. The highest BCUT2D eigenvalue weighted by Gasteiger charge is 2.20. The van der Waals surface area contributed by atoms with E-state index in [0.29, 0.717) is 18.4 Å². The Morgan fingerprint density at radius 3 is 2.79 bits per heavy atom. The van der Waals surface area contributed by atoms with E-state index in [4.69, 9.17) is 0 Å². The lowest BCUT2D eigenvalue weighted by Gasteiger charge is -2.23. The van der Waals surface area contributed by atoms with E-state index >= 15 is 0 Å². The minimum atomic E-state index is -0.322. The molecule has 1 saturated carbocycles. The van der Waals surface area contributed by atoms with Crippen LogP contribution in [0.25, 0.3) is 0 Å². The molecule has 0 aromatic carbocycles. The number of hydrogen-bond donors (Lipinski definition) is 1. The van der Waals surface area contributed by atoms with Crippen molar-refractivity contribution in [2.75, 3.05) is 5.32 Å². The van der Waals surface area contributed by atoms with Crippen LogP contribution in [0.5, 0.6) is 0 Å². The topological polar surface area (TPSA) is 81.8 Å². The van der Waals surface area contributed by atoms with Crippen LogP contribution in [0, 0.1) is 0 Å². The summed E-state index contributed by atoms with van der Waals surface area (Å²) in [5.74, 6) is 0.361. The van der Waals surface area contributed by atoms with Gasteiger partial charge in [-0.05, 0) is 25.3 Å². The van der Waals surface area contributed by atoms with E-state index in [1.54, 1.807) is 12.3 Å². The number of carbonyl (C=O) groups is 1. The maximum Gasteiger partial charge on any atom is 0.277 e. The zero-order valence-corrected chi connectivity index (χ0v) is 13.9. The molecule has 0 unspecified atom stereocenters. The Balaban J connectivity index is 1.77. The summed E-state index contributed by atoms with van der Waals surface area (Å²) >= 11 is 0. The number of carbonyl (C=O) groups excluding carboxylic acids is 1. The first kappa shape index (κ1) is 16.4. The van der Waals surface area contributed by atoms with Gasteiger partial charge in [0.1, 0.15) is 11.5 Å². The molecule has 1 fully saturated rings. The van der Waals surface area contributed by atoms with E-state index in [1.165, 1.54) is 36.1 Å². The minimum Gasteiger partial charge on any atom is -0.305 e. The van der Waals surface area contributed by atoms with Crippen LogP contribution >= 0.6 is 0 Å². The van der Waals surface area contributed by atoms with Gasteiger partial charge in [-0.15, -0.1) is 0 Å². The van der Waals surface area contributed by atoms with Crippen molar-refractivity contribution in [3.63, 3.8) is 0 Å². The van der Waals surface area contributed by atoms with Gasteiger partial charge in [0.2, 0.25) is 0 Å². The highest BCUT2D eigenvalue weighted by Crippen LogP contribution is 2.29. The van der Waals surface area contributed by atoms with E-state index in [1.807, 2.05) is 11.6 Å². The fraction of sp³-hybridized carbons (Fsp3) is 0.529. The van der Waals surface area contributed by atoms with Gasteiger partial charge in [0.05, 0.1) is 12.2 Å². The second-order valence-electron chi connectivity index (χ2n) is 6.19. The van der Waals surface area contributed by atoms with Crippen LogP contribution in [0.2, 0.25) is 0 Å². The molecule has 1 amide bonds. The van der Waals surface area contributed by atoms with Gasteiger partial charge in [-0.1, -0.05) is 26.2 Å². The standard InChI is InChI=1S/C17H23N5O2/c1-2-12-21-16(23)9-8-14(20-21)17(24)19-15-10-11-18-22(15)13-6-4-3-5-7-13/h8-11,13H,2-7,12H2,1H3,(H,19,24). The lowest BCUT2D eigenvalue weighted by Crippen LogP contribution is -2.27. The summed E-state index contributed by atoms with van der Waals surface area (Å²) in [6.45, 7) is 2.46. The van der Waals surface area contributed by atoms with Crippen LogP contribution in [-0.4, -0.2) is 25.5 Å². The molecule has 0 saturated heterocycles. The predicted molar refractivity (Wildman–Crippen MR) is 91.1 cm³/mol. The molecular formula is C17H23N5O2. The SMILES string of the molecule is CCCn1nc(C(=O)Nc2ccnn2C2CCCCC2)ccc1=O. The maximum atomic E-state index is 12.5. The van der Waals surface area contributed by atoms with Crippen molar-refractivity contribution in [1.82, 2.24) is 19.6 Å². The molecule has 1 N–H and O–H groups in total. The van der Waals surface area contributed by atoms with Gasteiger partial charge < -0.3 is 5.32 Å². The molecule has 2 heterocycles. The normalized spacial score (nSPS) is 15.4. The maximum absolute atomic E-state index is 12.5. The van der Waals surface area contributed by atoms with Gasteiger partial charge in [0.15, 0.2) is 0 Å². The van der Waals surface area contributed by atoms with E-state index in [9.17, 15) is 9.59 Å². The van der Waals surface area contributed by atoms with Crippen molar-refractivity contribution in [3.05, 3.63) is 40.4 Å². The van der Waals surface area contributed by atoms with Crippen LogP contribution in [0.1, 0.15) is 62.0 Å². The number of rotatable bonds is 5. The van der Waals surface area contributed by atoms with Gasteiger partial charge in [-0.2, -0.15) is 10.2 Å². The van der Waals surface area contributed by atoms with Crippen molar-refractivity contribution in [2.45, 2.75) is 58.0 Å². The van der Waals surface area contributed by atoms with Crippen molar-refractivity contribution in [1.29, 1.82) is 0 Å².